The minimum Gasteiger partial charge on any atom is -0.383 e. The van der Waals surface area contributed by atoms with Crippen LogP contribution in [0.1, 0.15) is 40.4 Å². The van der Waals surface area contributed by atoms with Gasteiger partial charge in [-0.25, -0.2) is 0 Å². The molecule has 4 nitrogen and oxygen atoms in total. The van der Waals surface area contributed by atoms with Crippen LogP contribution in [0.3, 0.4) is 0 Å². The fourth-order valence-electron chi connectivity index (χ4n) is 3.10. The van der Waals surface area contributed by atoms with Crippen LogP contribution in [0.25, 0.3) is 0 Å². The van der Waals surface area contributed by atoms with E-state index < -0.39 is 5.60 Å². The van der Waals surface area contributed by atoms with Gasteiger partial charge in [-0.15, -0.1) is 0 Å². The number of fused-ring (bicyclic) bond motifs is 1. The molecular weight excluding hydrogens is 276 g/mol. The Morgan fingerprint density at radius 2 is 2.18 bits per heavy atom. The van der Waals surface area contributed by atoms with E-state index in [2.05, 4.69) is 10.3 Å². The van der Waals surface area contributed by atoms with Crippen molar-refractivity contribution in [1.29, 1.82) is 0 Å². The molecule has 0 bridgehead atoms. The van der Waals surface area contributed by atoms with Gasteiger partial charge in [0.2, 0.25) is 0 Å². The van der Waals surface area contributed by atoms with E-state index in [9.17, 15) is 9.90 Å². The van der Waals surface area contributed by atoms with Gasteiger partial charge in [0.1, 0.15) is 5.60 Å². The summed E-state index contributed by atoms with van der Waals surface area (Å²) in [5, 5.41) is 13.7. The third-order valence-corrected chi connectivity index (χ3v) is 4.40. The molecule has 2 N–H and O–H groups in total. The van der Waals surface area contributed by atoms with E-state index in [1.807, 2.05) is 31.2 Å². The maximum absolute atomic E-state index is 12.4. The maximum atomic E-state index is 12.4. The summed E-state index contributed by atoms with van der Waals surface area (Å²) in [6.07, 6.45) is 5.58. The molecular formula is C18H20N2O2. The van der Waals surface area contributed by atoms with Crippen LogP contribution < -0.4 is 5.32 Å². The van der Waals surface area contributed by atoms with Crippen LogP contribution >= 0.6 is 0 Å². The molecule has 22 heavy (non-hydrogen) atoms. The number of rotatable bonds is 4. The van der Waals surface area contributed by atoms with Gasteiger partial charge in [-0.05, 0) is 42.0 Å². The molecule has 2 aromatic rings. The molecule has 1 unspecified atom stereocenters. The minimum absolute atomic E-state index is 0.156. The molecule has 1 atom stereocenters. The molecule has 0 saturated heterocycles. The molecule has 1 aliphatic rings. The summed E-state index contributed by atoms with van der Waals surface area (Å²) >= 11 is 0. The fraction of sp³-hybridized carbons (Fsp3) is 0.333. The van der Waals surface area contributed by atoms with Gasteiger partial charge in [-0.3, -0.25) is 9.78 Å². The third-order valence-electron chi connectivity index (χ3n) is 4.40. The summed E-state index contributed by atoms with van der Waals surface area (Å²) in [5.74, 6) is -0.156. The van der Waals surface area contributed by atoms with Crippen molar-refractivity contribution in [2.45, 2.75) is 31.8 Å². The van der Waals surface area contributed by atoms with Crippen LogP contribution in [-0.4, -0.2) is 22.5 Å². The number of hydrogen-bond donors (Lipinski definition) is 2. The van der Waals surface area contributed by atoms with E-state index in [1.165, 1.54) is 0 Å². The summed E-state index contributed by atoms with van der Waals surface area (Å²) in [7, 11) is 0. The third kappa shape index (κ3) is 2.62. The Morgan fingerprint density at radius 1 is 1.36 bits per heavy atom. The average Bonchev–Trinajstić information content (AvgIpc) is 2.91. The second kappa shape index (κ2) is 5.89. The Labute approximate surface area is 130 Å². The maximum Gasteiger partial charge on any atom is 0.251 e. The molecule has 1 amide bonds. The van der Waals surface area contributed by atoms with E-state index in [1.54, 1.807) is 18.5 Å². The number of aromatic nitrogens is 1. The first-order valence-electron chi connectivity index (χ1n) is 7.66. The van der Waals surface area contributed by atoms with Crippen molar-refractivity contribution in [1.82, 2.24) is 10.3 Å². The second-order valence-corrected chi connectivity index (χ2v) is 5.76. The molecule has 0 radical (unpaired) electrons. The molecule has 1 aliphatic carbocycles. The highest BCUT2D eigenvalue weighted by molar-refractivity contribution is 5.95. The van der Waals surface area contributed by atoms with Gasteiger partial charge in [0, 0.05) is 18.0 Å². The van der Waals surface area contributed by atoms with Gasteiger partial charge in [0.05, 0.1) is 6.54 Å². The number of aryl methyl sites for hydroxylation is 2. The van der Waals surface area contributed by atoms with Crippen molar-refractivity contribution in [3.8, 4) is 0 Å². The van der Waals surface area contributed by atoms with Crippen LogP contribution in [0.2, 0.25) is 0 Å². The van der Waals surface area contributed by atoms with Crippen molar-refractivity contribution < 1.29 is 9.90 Å². The molecule has 0 spiro atoms. The fourth-order valence-corrected chi connectivity index (χ4v) is 3.10. The molecule has 4 heteroatoms. The van der Waals surface area contributed by atoms with Gasteiger partial charge in [-0.1, -0.05) is 31.2 Å². The Bertz CT molecular complexity index is 699. The molecule has 1 aromatic heterocycles. The topological polar surface area (TPSA) is 62.2 Å². The number of nitrogens with one attached hydrogen (secondary N) is 1. The minimum atomic E-state index is -0.967. The van der Waals surface area contributed by atoms with Gasteiger partial charge < -0.3 is 10.4 Å². The molecule has 1 aromatic carbocycles. The smallest absolute Gasteiger partial charge is 0.251 e. The Balaban J connectivity index is 1.74. The van der Waals surface area contributed by atoms with E-state index in [-0.39, 0.29) is 12.5 Å². The summed E-state index contributed by atoms with van der Waals surface area (Å²) in [6, 6.07) is 9.61. The van der Waals surface area contributed by atoms with E-state index in [0.717, 1.165) is 29.5 Å². The van der Waals surface area contributed by atoms with Gasteiger partial charge in [-0.2, -0.15) is 0 Å². The number of carbonyl (C=O) groups excluding carboxylic acids is 1. The molecule has 114 valence electrons. The zero-order valence-corrected chi connectivity index (χ0v) is 12.7. The normalized spacial score (nSPS) is 19.7. The second-order valence-electron chi connectivity index (χ2n) is 5.76. The van der Waals surface area contributed by atoms with Crippen molar-refractivity contribution >= 4 is 5.91 Å². The average molecular weight is 296 g/mol. The van der Waals surface area contributed by atoms with Crippen molar-refractivity contribution in [3.05, 3.63) is 65.0 Å². The highest BCUT2D eigenvalue weighted by Gasteiger charge is 2.36. The number of aliphatic hydroxyl groups is 1. The molecule has 3 rings (SSSR count). The Kier molecular flexibility index (Phi) is 3.94. The Morgan fingerprint density at radius 3 is 3.00 bits per heavy atom. The number of pyridine rings is 1. The van der Waals surface area contributed by atoms with E-state index in [0.29, 0.717) is 12.0 Å². The van der Waals surface area contributed by atoms with Gasteiger partial charge >= 0.3 is 0 Å². The standard InChI is InChI=1S/C18H20N2O2/c1-2-13-11-19-10-8-15(13)17(21)20-12-18(22)9-7-14-5-3-4-6-16(14)18/h3-6,8,10-11,22H,2,7,9,12H2,1H3,(H,20,21). The van der Waals surface area contributed by atoms with Crippen LogP contribution in [0.4, 0.5) is 0 Å². The van der Waals surface area contributed by atoms with Crippen LogP contribution in [0, 0.1) is 0 Å². The van der Waals surface area contributed by atoms with Crippen LogP contribution in [0.5, 0.6) is 0 Å². The lowest BCUT2D eigenvalue weighted by Crippen LogP contribution is -2.39. The monoisotopic (exact) mass is 296 g/mol. The van der Waals surface area contributed by atoms with Gasteiger partial charge in [0.25, 0.3) is 5.91 Å². The first-order valence-corrected chi connectivity index (χ1v) is 7.66. The van der Waals surface area contributed by atoms with E-state index in [4.69, 9.17) is 0 Å². The highest BCUT2D eigenvalue weighted by atomic mass is 16.3. The number of amides is 1. The van der Waals surface area contributed by atoms with Crippen molar-refractivity contribution in [2.24, 2.45) is 0 Å². The molecule has 1 heterocycles. The largest absolute Gasteiger partial charge is 0.383 e. The SMILES string of the molecule is CCc1cnccc1C(=O)NCC1(O)CCc2ccccc21. The lowest BCUT2D eigenvalue weighted by atomic mass is 9.95. The lowest BCUT2D eigenvalue weighted by Gasteiger charge is -2.24. The number of nitrogens with zero attached hydrogens (tertiary/aromatic N) is 1. The van der Waals surface area contributed by atoms with Crippen LogP contribution in [-0.2, 0) is 18.4 Å². The quantitative estimate of drug-likeness (QED) is 0.909. The predicted octanol–water partition coefficient (Wildman–Crippen LogP) is 2.21. The zero-order valence-electron chi connectivity index (χ0n) is 12.7. The van der Waals surface area contributed by atoms with Gasteiger partial charge in [0.15, 0.2) is 0 Å². The Hall–Kier alpha value is -2.20. The summed E-state index contributed by atoms with van der Waals surface area (Å²) < 4.78 is 0. The van der Waals surface area contributed by atoms with Crippen molar-refractivity contribution in [3.63, 3.8) is 0 Å². The summed E-state index contributed by atoms with van der Waals surface area (Å²) in [6.45, 7) is 2.23. The number of benzene rings is 1. The molecule has 0 aliphatic heterocycles. The predicted molar refractivity (Wildman–Crippen MR) is 84.6 cm³/mol. The highest BCUT2D eigenvalue weighted by Crippen LogP contribution is 2.36. The number of carbonyl (C=O) groups is 1. The van der Waals surface area contributed by atoms with Crippen LogP contribution in [0.15, 0.2) is 42.7 Å². The first-order chi connectivity index (χ1) is 10.6. The molecule has 0 saturated carbocycles. The molecule has 0 fully saturated rings. The number of hydrogen-bond acceptors (Lipinski definition) is 3. The van der Waals surface area contributed by atoms with Crippen molar-refractivity contribution in [2.75, 3.05) is 6.54 Å². The zero-order chi connectivity index (χ0) is 15.6. The summed E-state index contributed by atoms with van der Waals surface area (Å²) in [5.41, 5.74) is 2.68. The lowest BCUT2D eigenvalue weighted by molar-refractivity contribution is 0.0369. The van der Waals surface area contributed by atoms with E-state index >= 15 is 0 Å². The summed E-state index contributed by atoms with van der Waals surface area (Å²) in [4.78, 5) is 16.4. The first kappa shape index (κ1) is 14.7.